The van der Waals surface area contributed by atoms with E-state index in [1.165, 1.54) is 102 Å². The predicted octanol–water partition coefficient (Wildman–Crippen LogP) is 14.1. The zero-order valence-corrected chi connectivity index (χ0v) is 30.0. The molecule has 1 nitrogen and oxygen atoms in total. The van der Waals surface area contributed by atoms with Crippen molar-refractivity contribution in [3.05, 3.63) is 163 Å². The minimum Gasteiger partial charge on any atom is -0.310 e. The molecule has 1 aromatic heterocycles. The van der Waals surface area contributed by atoms with E-state index in [-0.39, 0.29) is 5.41 Å². The van der Waals surface area contributed by atoms with Crippen LogP contribution in [0.5, 0.6) is 0 Å². The molecule has 52 heavy (non-hydrogen) atoms. The lowest BCUT2D eigenvalue weighted by Gasteiger charge is -2.61. The fourth-order valence-electron chi connectivity index (χ4n) is 11.8. The second-order valence-corrected chi connectivity index (χ2v) is 17.2. The van der Waals surface area contributed by atoms with E-state index < -0.39 is 0 Å². The van der Waals surface area contributed by atoms with Gasteiger partial charge in [-0.15, -0.1) is 11.3 Å². The lowest BCUT2D eigenvalue weighted by molar-refractivity contribution is -0.0399. The van der Waals surface area contributed by atoms with Crippen molar-refractivity contribution in [1.29, 1.82) is 0 Å². The number of rotatable bonds is 4. The molecule has 5 aliphatic carbocycles. The summed E-state index contributed by atoms with van der Waals surface area (Å²) in [6.45, 7) is 0. The van der Waals surface area contributed by atoms with Gasteiger partial charge in [0.1, 0.15) is 0 Å². The molecule has 0 amide bonds. The molecule has 5 aliphatic rings. The Morgan fingerprint density at radius 2 is 1.12 bits per heavy atom. The van der Waals surface area contributed by atoms with Crippen molar-refractivity contribution in [2.45, 2.75) is 37.5 Å². The first kappa shape index (κ1) is 29.4. The first-order chi connectivity index (χ1) is 25.7. The Morgan fingerprint density at radius 3 is 1.96 bits per heavy atom. The van der Waals surface area contributed by atoms with Crippen molar-refractivity contribution < 1.29 is 0 Å². The smallest absolute Gasteiger partial charge is 0.0540 e. The maximum atomic E-state index is 2.56. The number of anilines is 3. The second kappa shape index (κ2) is 10.9. The van der Waals surface area contributed by atoms with E-state index in [0.29, 0.717) is 0 Å². The van der Waals surface area contributed by atoms with E-state index in [9.17, 15) is 0 Å². The average molecular weight is 686 g/mol. The van der Waals surface area contributed by atoms with Crippen LogP contribution < -0.4 is 4.90 Å². The van der Waals surface area contributed by atoms with Gasteiger partial charge in [-0.1, -0.05) is 109 Å². The van der Waals surface area contributed by atoms with Gasteiger partial charge in [-0.05, 0) is 137 Å². The largest absolute Gasteiger partial charge is 0.310 e. The Morgan fingerprint density at radius 1 is 0.462 bits per heavy atom. The minimum absolute atomic E-state index is 0.180. The van der Waals surface area contributed by atoms with Gasteiger partial charge in [0, 0.05) is 42.3 Å². The second-order valence-electron chi connectivity index (χ2n) is 16.1. The summed E-state index contributed by atoms with van der Waals surface area (Å²) in [6.07, 6.45) is 7.12. The molecule has 2 heteroatoms. The molecule has 0 radical (unpaired) electrons. The fourth-order valence-corrected chi connectivity index (χ4v) is 13.0. The maximum absolute atomic E-state index is 2.56. The lowest BCUT2D eigenvalue weighted by Crippen LogP contribution is -2.55. The maximum Gasteiger partial charge on any atom is 0.0540 e. The Bertz CT molecular complexity index is 2680. The molecule has 1 heterocycles. The van der Waals surface area contributed by atoms with Crippen LogP contribution in [-0.2, 0) is 5.41 Å². The van der Waals surface area contributed by atoms with E-state index in [2.05, 4.69) is 157 Å². The van der Waals surface area contributed by atoms with E-state index >= 15 is 0 Å². The van der Waals surface area contributed by atoms with Crippen LogP contribution >= 0.6 is 11.3 Å². The number of thiophene rings is 1. The zero-order chi connectivity index (χ0) is 34.0. The van der Waals surface area contributed by atoms with Crippen LogP contribution in [0.15, 0.2) is 152 Å². The Balaban J connectivity index is 1.01. The van der Waals surface area contributed by atoms with Crippen LogP contribution in [0.2, 0.25) is 0 Å². The highest BCUT2D eigenvalue weighted by Crippen LogP contribution is 2.69. The highest BCUT2D eigenvalue weighted by Gasteiger charge is 2.61. The SMILES string of the molecule is c1ccc2c(c1)-c1cc(N(c3ccc(-c4ccc5c(c4)sc4ccccc45)cc3)c3cccc4ccccc34)ccc1C21C2CC3CC(C2)CC1C3. The first-order valence-corrected chi connectivity index (χ1v) is 20.1. The number of hydrogen-bond donors (Lipinski definition) is 0. The first-order valence-electron chi connectivity index (χ1n) is 19.3. The summed E-state index contributed by atoms with van der Waals surface area (Å²) in [5, 5.41) is 5.22. The zero-order valence-electron chi connectivity index (χ0n) is 29.1. The Kier molecular flexibility index (Phi) is 6.17. The number of benzene rings is 7. The van der Waals surface area contributed by atoms with Crippen LogP contribution in [0, 0.1) is 23.7 Å². The van der Waals surface area contributed by atoms with Crippen LogP contribution in [0.25, 0.3) is 53.2 Å². The normalized spacial score (nSPS) is 23.8. The summed E-state index contributed by atoms with van der Waals surface area (Å²) in [4.78, 5) is 2.51. The molecule has 1 spiro atoms. The van der Waals surface area contributed by atoms with Crippen molar-refractivity contribution in [2.24, 2.45) is 23.7 Å². The molecule has 0 N–H and O–H groups in total. The quantitative estimate of drug-likeness (QED) is 0.178. The summed E-state index contributed by atoms with van der Waals surface area (Å²) in [5.41, 5.74) is 12.5. The van der Waals surface area contributed by atoms with Gasteiger partial charge in [0.25, 0.3) is 0 Å². The van der Waals surface area contributed by atoms with Gasteiger partial charge >= 0.3 is 0 Å². The molecule has 4 bridgehead atoms. The van der Waals surface area contributed by atoms with Gasteiger partial charge in [0.05, 0.1) is 5.69 Å². The molecule has 7 aromatic carbocycles. The van der Waals surface area contributed by atoms with Gasteiger partial charge in [0.2, 0.25) is 0 Å². The average Bonchev–Trinajstić information content (AvgIpc) is 3.70. The highest BCUT2D eigenvalue weighted by molar-refractivity contribution is 7.25. The fraction of sp³-hybridized carbons (Fsp3) is 0.200. The van der Waals surface area contributed by atoms with E-state index in [1.54, 1.807) is 11.1 Å². The van der Waals surface area contributed by atoms with Crippen LogP contribution in [0.4, 0.5) is 17.1 Å². The summed E-state index contributed by atoms with van der Waals surface area (Å²) >= 11 is 1.89. The molecule has 8 aromatic rings. The molecular formula is C50H39NS. The van der Waals surface area contributed by atoms with E-state index in [0.717, 1.165) is 23.7 Å². The topological polar surface area (TPSA) is 3.24 Å². The monoisotopic (exact) mass is 685 g/mol. The standard InChI is InChI=1S/C50H39NS/c1-2-10-40-34(8-1)9-7-14-47(40)51(38-19-16-33(17-20-38)35-18-22-43-42-12-4-6-15-48(42)52-49(43)29-35)39-21-23-46-44(30-39)41-11-3-5-13-45(41)50(46)36-25-31-24-32(27-36)28-37(50)26-31/h1-23,29-32,36-37H,24-28H2. The van der Waals surface area contributed by atoms with Crippen molar-refractivity contribution in [3.8, 4) is 22.3 Å². The predicted molar refractivity (Wildman–Crippen MR) is 220 cm³/mol. The van der Waals surface area contributed by atoms with Crippen LogP contribution in [0.1, 0.15) is 43.2 Å². The van der Waals surface area contributed by atoms with E-state index in [1.807, 2.05) is 11.3 Å². The van der Waals surface area contributed by atoms with Gasteiger partial charge < -0.3 is 4.90 Å². The summed E-state index contributed by atoms with van der Waals surface area (Å²) in [6, 6.07) is 57.6. The Labute approximate surface area is 309 Å². The highest BCUT2D eigenvalue weighted by atomic mass is 32.1. The van der Waals surface area contributed by atoms with E-state index in [4.69, 9.17) is 0 Å². The van der Waals surface area contributed by atoms with Crippen molar-refractivity contribution in [1.82, 2.24) is 0 Å². The number of hydrogen-bond acceptors (Lipinski definition) is 2. The van der Waals surface area contributed by atoms with Crippen LogP contribution in [-0.4, -0.2) is 0 Å². The number of fused-ring (bicyclic) bond motifs is 7. The van der Waals surface area contributed by atoms with Gasteiger partial charge in [-0.3, -0.25) is 0 Å². The Hall–Kier alpha value is -5.18. The molecular weight excluding hydrogens is 647 g/mol. The molecule has 0 unspecified atom stereocenters. The summed E-state index contributed by atoms with van der Waals surface area (Å²) in [5.74, 6) is 3.43. The molecule has 13 rings (SSSR count). The third-order valence-corrected chi connectivity index (χ3v) is 14.8. The third kappa shape index (κ3) is 4.05. The summed E-state index contributed by atoms with van der Waals surface area (Å²) in [7, 11) is 0. The molecule has 4 saturated carbocycles. The molecule has 0 aliphatic heterocycles. The lowest BCUT2D eigenvalue weighted by atomic mass is 9.43. The van der Waals surface area contributed by atoms with Gasteiger partial charge in [-0.25, -0.2) is 0 Å². The van der Waals surface area contributed by atoms with Crippen molar-refractivity contribution >= 4 is 59.3 Å². The molecule has 0 saturated heterocycles. The molecule has 4 fully saturated rings. The third-order valence-electron chi connectivity index (χ3n) is 13.6. The van der Waals surface area contributed by atoms with Gasteiger partial charge in [-0.2, -0.15) is 0 Å². The number of nitrogens with zero attached hydrogens (tertiary/aromatic N) is 1. The molecule has 0 atom stereocenters. The molecule has 250 valence electrons. The minimum atomic E-state index is 0.180. The van der Waals surface area contributed by atoms with Crippen molar-refractivity contribution in [2.75, 3.05) is 4.90 Å². The van der Waals surface area contributed by atoms with Crippen molar-refractivity contribution in [3.63, 3.8) is 0 Å². The van der Waals surface area contributed by atoms with Crippen LogP contribution in [0.3, 0.4) is 0 Å². The summed E-state index contributed by atoms with van der Waals surface area (Å²) < 4.78 is 2.69. The van der Waals surface area contributed by atoms with Gasteiger partial charge in [0.15, 0.2) is 0 Å².